The SMILES string of the molecule is CC(C)(C)[C@@H]1CCc2c(sc3nnn(CC(=O)Nc4cc(Cl)ccc4Cl)c(=O)c23)C1. The van der Waals surface area contributed by atoms with Crippen LogP contribution in [-0.2, 0) is 24.2 Å². The lowest BCUT2D eigenvalue weighted by Gasteiger charge is -2.33. The number of carbonyl (C=O) groups is 1. The van der Waals surface area contributed by atoms with Crippen molar-refractivity contribution in [2.45, 2.75) is 46.6 Å². The van der Waals surface area contributed by atoms with Gasteiger partial charge in [0.2, 0.25) is 5.91 Å². The molecular weight excluding hydrogens is 443 g/mol. The Morgan fingerprint density at radius 3 is 2.83 bits per heavy atom. The van der Waals surface area contributed by atoms with Crippen LogP contribution in [0.3, 0.4) is 0 Å². The number of rotatable bonds is 3. The third-order valence-corrected chi connectivity index (χ3v) is 7.36. The molecule has 0 fully saturated rings. The third kappa shape index (κ3) is 4.11. The predicted octanol–water partition coefficient (Wildman–Crippen LogP) is 4.95. The highest BCUT2D eigenvalue weighted by molar-refractivity contribution is 7.18. The second-order valence-electron chi connectivity index (χ2n) is 8.71. The number of aromatic nitrogens is 3. The highest BCUT2D eigenvalue weighted by atomic mass is 35.5. The van der Waals surface area contributed by atoms with Gasteiger partial charge in [0.1, 0.15) is 6.54 Å². The highest BCUT2D eigenvalue weighted by Crippen LogP contribution is 2.41. The largest absolute Gasteiger partial charge is 0.323 e. The zero-order valence-electron chi connectivity index (χ0n) is 17.0. The van der Waals surface area contributed by atoms with E-state index < -0.39 is 5.91 Å². The molecule has 0 bridgehead atoms. The van der Waals surface area contributed by atoms with Crippen molar-refractivity contribution in [3.63, 3.8) is 0 Å². The second-order valence-corrected chi connectivity index (χ2v) is 10.6. The fourth-order valence-electron chi connectivity index (χ4n) is 3.89. The van der Waals surface area contributed by atoms with E-state index in [2.05, 4.69) is 36.4 Å². The summed E-state index contributed by atoms with van der Waals surface area (Å²) in [5.41, 5.74) is 1.40. The van der Waals surface area contributed by atoms with Crippen molar-refractivity contribution in [1.82, 2.24) is 15.0 Å². The first-order chi connectivity index (χ1) is 14.1. The van der Waals surface area contributed by atoms with Crippen LogP contribution in [0.4, 0.5) is 5.69 Å². The van der Waals surface area contributed by atoms with Gasteiger partial charge in [-0.2, -0.15) is 0 Å². The second kappa shape index (κ2) is 7.94. The zero-order chi connectivity index (χ0) is 21.6. The summed E-state index contributed by atoms with van der Waals surface area (Å²) in [7, 11) is 0. The molecule has 4 rings (SSSR count). The minimum atomic E-state index is -0.424. The van der Waals surface area contributed by atoms with Crippen LogP contribution in [-0.4, -0.2) is 20.9 Å². The fourth-order valence-corrected chi connectivity index (χ4v) is 5.46. The van der Waals surface area contributed by atoms with Crippen LogP contribution in [0.25, 0.3) is 10.2 Å². The average molecular weight is 465 g/mol. The van der Waals surface area contributed by atoms with Gasteiger partial charge >= 0.3 is 0 Å². The Morgan fingerprint density at radius 2 is 2.10 bits per heavy atom. The van der Waals surface area contributed by atoms with Crippen molar-refractivity contribution in [1.29, 1.82) is 0 Å². The Hall–Kier alpha value is -1.96. The molecule has 1 aliphatic rings. The van der Waals surface area contributed by atoms with Crippen molar-refractivity contribution in [2.24, 2.45) is 11.3 Å². The molecule has 3 aromatic rings. The standard InChI is InChI=1S/C21H22Cl2N4O2S/c1-21(2,3)11-4-6-13-16(8-11)30-19-18(13)20(29)27(26-25-19)10-17(28)24-15-9-12(22)5-7-14(15)23/h5,7,9,11H,4,6,8,10H2,1-3H3,(H,24,28)/t11-/m1/s1. The van der Waals surface area contributed by atoms with Gasteiger partial charge < -0.3 is 5.32 Å². The molecule has 1 aliphatic carbocycles. The summed E-state index contributed by atoms with van der Waals surface area (Å²) in [6.45, 7) is 6.52. The third-order valence-electron chi connectivity index (χ3n) is 5.66. The molecule has 158 valence electrons. The molecule has 2 heterocycles. The topological polar surface area (TPSA) is 76.9 Å². The molecule has 1 atom stereocenters. The lowest BCUT2D eigenvalue weighted by molar-refractivity contribution is -0.117. The summed E-state index contributed by atoms with van der Waals surface area (Å²) in [4.78, 5) is 27.4. The van der Waals surface area contributed by atoms with Crippen LogP contribution in [0.5, 0.6) is 0 Å². The fraction of sp³-hybridized carbons (Fsp3) is 0.429. The summed E-state index contributed by atoms with van der Waals surface area (Å²) in [5.74, 6) is 0.147. The molecule has 0 saturated heterocycles. The van der Waals surface area contributed by atoms with E-state index in [4.69, 9.17) is 23.2 Å². The molecule has 0 spiro atoms. The van der Waals surface area contributed by atoms with Gasteiger partial charge in [0.25, 0.3) is 5.56 Å². The van der Waals surface area contributed by atoms with Gasteiger partial charge in [-0.1, -0.05) is 49.2 Å². The Kier molecular flexibility index (Phi) is 5.64. The molecule has 0 radical (unpaired) electrons. The normalized spacial score (nSPS) is 16.5. The molecule has 0 aliphatic heterocycles. The van der Waals surface area contributed by atoms with E-state index in [1.54, 1.807) is 29.5 Å². The average Bonchev–Trinajstić information content (AvgIpc) is 3.04. The molecular formula is C21H22Cl2N4O2S. The Bertz CT molecular complexity index is 1200. The van der Waals surface area contributed by atoms with Crippen molar-refractivity contribution in [3.05, 3.63) is 49.0 Å². The lowest BCUT2D eigenvalue weighted by atomic mass is 9.72. The van der Waals surface area contributed by atoms with Gasteiger partial charge in [-0.05, 0) is 54.4 Å². The van der Waals surface area contributed by atoms with Crippen LogP contribution in [0, 0.1) is 11.3 Å². The molecule has 0 saturated carbocycles. The molecule has 1 aromatic carbocycles. The summed E-state index contributed by atoms with van der Waals surface area (Å²) < 4.78 is 1.11. The Morgan fingerprint density at radius 1 is 1.33 bits per heavy atom. The molecule has 0 unspecified atom stereocenters. The van der Waals surface area contributed by atoms with Crippen LogP contribution < -0.4 is 10.9 Å². The Balaban J connectivity index is 1.61. The summed E-state index contributed by atoms with van der Waals surface area (Å²) in [6.07, 6.45) is 2.84. The van der Waals surface area contributed by atoms with E-state index in [0.717, 1.165) is 29.5 Å². The molecule has 2 aromatic heterocycles. The van der Waals surface area contributed by atoms with E-state index in [1.807, 2.05) is 0 Å². The highest BCUT2D eigenvalue weighted by Gasteiger charge is 2.32. The van der Waals surface area contributed by atoms with Gasteiger partial charge in [-0.15, -0.1) is 16.4 Å². The smallest absolute Gasteiger partial charge is 0.279 e. The molecule has 9 heteroatoms. The van der Waals surface area contributed by atoms with E-state index in [9.17, 15) is 9.59 Å². The minimum Gasteiger partial charge on any atom is -0.323 e. The number of thiophene rings is 1. The van der Waals surface area contributed by atoms with Crippen molar-refractivity contribution in [2.75, 3.05) is 5.32 Å². The maximum atomic E-state index is 13.1. The number of hydrogen-bond donors (Lipinski definition) is 1. The maximum Gasteiger partial charge on any atom is 0.279 e. The summed E-state index contributed by atoms with van der Waals surface area (Å²) in [5, 5.41) is 12.3. The number of benzene rings is 1. The number of amides is 1. The molecule has 30 heavy (non-hydrogen) atoms. The van der Waals surface area contributed by atoms with Gasteiger partial charge in [-0.25, -0.2) is 4.68 Å². The number of hydrogen-bond acceptors (Lipinski definition) is 5. The number of nitrogens with one attached hydrogen (secondary N) is 1. The molecule has 1 amide bonds. The lowest BCUT2D eigenvalue weighted by Crippen LogP contribution is -2.31. The molecule has 6 nitrogen and oxygen atoms in total. The Labute approximate surface area is 188 Å². The first-order valence-electron chi connectivity index (χ1n) is 9.76. The number of anilines is 1. The quantitative estimate of drug-likeness (QED) is 0.594. The molecule has 1 N–H and O–H groups in total. The number of aryl methyl sites for hydroxylation is 1. The van der Waals surface area contributed by atoms with Crippen molar-refractivity contribution < 1.29 is 4.79 Å². The number of nitrogens with zero attached hydrogens (tertiary/aromatic N) is 3. The van der Waals surface area contributed by atoms with E-state index in [-0.39, 0.29) is 17.5 Å². The van der Waals surface area contributed by atoms with Crippen molar-refractivity contribution >= 4 is 56.3 Å². The van der Waals surface area contributed by atoms with Crippen LogP contribution in [0.1, 0.15) is 37.6 Å². The van der Waals surface area contributed by atoms with Crippen LogP contribution >= 0.6 is 34.5 Å². The van der Waals surface area contributed by atoms with Gasteiger partial charge in [0.05, 0.1) is 16.1 Å². The maximum absolute atomic E-state index is 13.1. The minimum absolute atomic E-state index is 0.222. The predicted molar refractivity (Wildman–Crippen MR) is 122 cm³/mol. The van der Waals surface area contributed by atoms with Gasteiger partial charge in [0.15, 0.2) is 4.83 Å². The monoisotopic (exact) mass is 464 g/mol. The van der Waals surface area contributed by atoms with E-state index >= 15 is 0 Å². The first kappa shape index (κ1) is 21.3. The number of fused-ring (bicyclic) bond motifs is 3. The van der Waals surface area contributed by atoms with Crippen LogP contribution in [0.2, 0.25) is 10.0 Å². The van der Waals surface area contributed by atoms with Gasteiger partial charge in [0, 0.05) is 9.90 Å². The van der Waals surface area contributed by atoms with E-state index in [1.165, 1.54) is 4.88 Å². The van der Waals surface area contributed by atoms with Crippen LogP contribution in [0.15, 0.2) is 23.0 Å². The first-order valence-corrected chi connectivity index (χ1v) is 11.3. The van der Waals surface area contributed by atoms with Crippen molar-refractivity contribution in [3.8, 4) is 0 Å². The number of carbonyl (C=O) groups excluding carboxylic acids is 1. The summed E-state index contributed by atoms with van der Waals surface area (Å²) in [6, 6.07) is 4.79. The zero-order valence-corrected chi connectivity index (χ0v) is 19.3. The number of halogens is 2. The summed E-state index contributed by atoms with van der Waals surface area (Å²) >= 11 is 13.6. The van der Waals surface area contributed by atoms with E-state index in [0.29, 0.717) is 31.9 Å². The van der Waals surface area contributed by atoms with Gasteiger partial charge in [-0.3, -0.25) is 9.59 Å².